The number of nitrogens with zero attached hydrogens (tertiary/aromatic N) is 3. The van der Waals surface area contributed by atoms with Crippen LogP contribution in [0.4, 0.5) is 13.2 Å². The molecule has 3 aromatic heterocycles. The molecule has 4 rings (SSSR count). The highest BCUT2D eigenvalue weighted by atomic mass is 19.4. The zero-order chi connectivity index (χ0) is 19.0. The van der Waals surface area contributed by atoms with E-state index in [1.54, 1.807) is 18.2 Å². The van der Waals surface area contributed by atoms with Crippen LogP contribution in [0.3, 0.4) is 0 Å². The van der Waals surface area contributed by atoms with Crippen molar-refractivity contribution >= 4 is 0 Å². The Kier molecular flexibility index (Phi) is 4.21. The molecule has 1 aliphatic rings. The normalized spacial score (nSPS) is 19.5. The number of aromatic hydroxyl groups is 1. The van der Waals surface area contributed by atoms with Gasteiger partial charge in [-0.05, 0) is 47.7 Å². The second-order valence-electron chi connectivity index (χ2n) is 6.31. The molecule has 140 valence electrons. The molecule has 1 aliphatic carbocycles. The van der Waals surface area contributed by atoms with Crippen molar-refractivity contribution in [1.29, 1.82) is 0 Å². The third-order valence-electron chi connectivity index (χ3n) is 4.45. The number of pyridine rings is 2. The van der Waals surface area contributed by atoms with Gasteiger partial charge in [0.1, 0.15) is 11.8 Å². The highest BCUT2D eigenvalue weighted by molar-refractivity contribution is 5.57. The lowest BCUT2D eigenvalue weighted by Crippen LogP contribution is -2.32. The minimum atomic E-state index is -4.44. The fourth-order valence-corrected chi connectivity index (χ4v) is 2.96. The summed E-state index contributed by atoms with van der Waals surface area (Å²) in [5.74, 6) is 0.594. The fourth-order valence-electron chi connectivity index (χ4n) is 2.96. The van der Waals surface area contributed by atoms with Gasteiger partial charge in [-0.1, -0.05) is 0 Å². The molecule has 3 aromatic rings. The van der Waals surface area contributed by atoms with Gasteiger partial charge in [-0.15, -0.1) is 0 Å². The summed E-state index contributed by atoms with van der Waals surface area (Å²) in [5.41, 5.74) is 0.379. The summed E-state index contributed by atoms with van der Waals surface area (Å²) in [5, 5.41) is 12.6. The first kappa shape index (κ1) is 17.3. The van der Waals surface area contributed by atoms with Crippen molar-refractivity contribution in [2.45, 2.75) is 31.0 Å². The molecule has 0 bridgehead atoms. The summed E-state index contributed by atoms with van der Waals surface area (Å²) in [7, 11) is 0. The molecule has 6 nitrogen and oxygen atoms in total. The standard InChI is InChI=1S/C18H14F3N3O3/c19-18(20,21)15-7-10(3-4-22-15)12-5-13(6-12)26-17-2-1-11(9-23-17)14-8-16(25)24-27-14/h1-4,7-9,12-13H,5-6H2,(H,24,25)/t12-,13+. The van der Waals surface area contributed by atoms with Crippen molar-refractivity contribution in [1.82, 2.24) is 15.1 Å². The smallest absolute Gasteiger partial charge is 0.433 e. The van der Waals surface area contributed by atoms with E-state index >= 15 is 0 Å². The minimum absolute atomic E-state index is 0.00976. The summed E-state index contributed by atoms with van der Waals surface area (Å²) in [6.45, 7) is 0. The van der Waals surface area contributed by atoms with Crippen LogP contribution >= 0.6 is 0 Å². The number of aromatic nitrogens is 3. The molecule has 0 radical (unpaired) electrons. The van der Waals surface area contributed by atoms with Crippen molar-refractivity contribution in [2.24, 2.45) is 0 Å². The van der Waals surface area contributed by atoms with Crippen molar-refractivity contribution in [3.8, 4) is 23.1 Å². The first-order valence-electron chi connectivity index (χ1n) is 8.20. The predicted molar refractivity (Wildman–Crippen MR) is 87.0 cm³/mol. The van der Waals surface area contributed by atoms with Crippen LogP contribution in [0.1, 0.15) is 30.0 Å². The van der Waals surface area contributed by atoms with Crippen LogP contribution in [0.15, 0.2) is 47.2 Å². The zero-order valence-electron chi connectivity index (χ0n) is 13.8. The number of alkyl halides is 3. The van der Waals surface area contributed by atoms with Crippen LogP contribution in [-0.2, 0) is 6.18 Å². The third-order valence-corrected chi connectivity index (χ3v) is 4.45. The maximum atomic E-state index is 12.8. The van der Waals surface area contributed by atoms with Crippen molar-refractivity contribution in [3.63, 3.8) is 0 Å². The summed E-state index contributed by atoms with van der Waals surface area (Å²) in [6.07, 6.45) is -0.605. The molecule has 9 heteroatoms. The molecule has 0 aliphatic heterocycles. The van der Waals surface area contributed by atoms with Crippen molar-refractivity contribution in [3.05, 3.63) is 54.0 Å². The van der Waals surface area contributed by atoms with E-state index in [4.69, 9.17) is 9.26 Å². The fraction of sp³-hybridized carbons (Fsp3) is 0.278. The van der Waals surface area contributed by atoms with Gasteiger partial charge < -0.3 is 14.4 Å². The van der Waals surface area contributed by atoms with Gasteiger partial charge in [-0.3, -0.25) is 4.98 Å². The molecule has 0 unspecified atom stereocenters. The first-order chi connectivity index (χ1) is 12.9. The van der Waals surface area contributed by atoms with Gasteiger partial charge in [0, 0.05) is 30.1 Å². The summed E-state index contributed by atoms with van der Waals surface area (Å²) < 4.78 is 48.9. The molecule has 0 aromatic carbocycles. The Hall–Kier alpha value is -3.10. The summed E-state index contributed by atoms with van der Waals surface area (Å²) >= 11 is 0. The Morgan fingerprint density at radius 1 is 1.11 bits per heavy atom. The maximum Gasteiger partial charge on any atom is 0.433 e. The van der Waals surface area contributed by atoms with E-state index < -0.39 is 11.9 Å². The summed E-state index contributed by atoms with van der Waals surface area (Å²) in [6, 6.07) is 7.46. The van der Waals surface area contributed by atoms with Crippen LogP contribution in [-0.4, -0.2) is 26.3 Å². The average molecular weight is 377 g/mol. The molecule has 0 amide bonds. The lowest BCUT2D eigenvalue weighted by Gasteiger charge is -2.35. The number of rotatable bonds is 4. The highest BCUT2D eigenvalue weighted by Crippen LogP contribution is 2.40. The largest absolute Gasteiger partial charge is 0.491 e. The minimum Gasteiger partial charge on any atom is -0.491 e. The molecule has 0 atom stereocenters. The molecule has 27 heavy (non-hydrogen) atoms. The van der Waals surface area contributed by atoms with E-state index in [9.17, 15) is 18.3 Å². The molecule has 1 fully saturated rings. The van der Waals surface area contributed by atoms with Crippen molar-refractivity contribution in [2.75, 3.05) is 0 Å². The Morgan fingerprint density at radius 3 is 2.56 bits per heavy atom. The SMILES string of the molecule is Oc1cc(-c2ccc(O[C@H]3C[C@@H](c4ccnc(C(F)(F)F)c4)C3)nc2)on1. The van der Waals surface area contributed by atoms with E-state index in [-0.39, 0.29) is 17.9 Å². The topological polar surface area (TPSA) is 81.3 Å². The molecule has 1 saturated carbocycles. The number of hydrogen-bond acceptors (Lipinski definition) is 6. The van der Waals surface area contributed by atoms with Gasteiger partial charge >= 0.3 is 6.18 Å². The monoisotopic (exact) mass is 377 g/mol. The van der Waals surface area contributed by atoms with Crippen LogP contribution in [0, 0.1) is 0 Å². The van der Waals surface area contributed by atoms with E-state index in [0.29, 0.717) is 35.6 Å². The van der Waals surface area contributed by atoms with E-state index in [0.717, 1.165) is 6.07 Å². The van der Waals surface area contributed by atoms with Crippen LogP contribution < -0.4 is 4.74 Å². The van der Waals surface area contributed by atoms with E-state index in [2.05, 4.69) is 15.1 Å². The third kappa shape index (κ3) is 3.71. The molecule has 0 saturated heterocycles. The molecular weight excluding hydrogens is 363 g/mol. The Balaban J connectivity index is 1.35. The number of ether oxygens (including phenoxy) is 1. The predicted octanol–water partition coefficient (Wildman–Crippen LogP) is 4.18. The Labute approximate surface area is 151 Å². The molecule has 1 N–H and O–H groups in total. The second-order valence-corrected chi connectivity index (χ2v) is 6.31. The summed E-state index contributed by atoms with van der Waals surface area (Å²) in [4.78, 5) is 7.56. The van der Waals surface area contributed by atoms with Gasteiger partial charge in [0.25, 0.3) is 5.88 Å². The second kappa shape index (κ2) is 6.57. The molecular formula is C18H14F3N3O3. The van der Waals surface area contributed by atoms with Gasteiger partial charge in [0.15, 0.2) is 5.76 Å². The maximum absolute atomic E-state index is 12.8. The van der Waals surface area contributed by atoms with Crippen molar-refractivity contribution < 1.29 is 27.5 Å². The zero-order valence-corrected chi connectivity index (χ0v) is 13.8. The van der Waals surface area contributed by atoms with Gasteiger partial charge in [-0.2, -0.15) is 13.2 Å². The van der Waals surface area contributed by atoms with Crippen LogP contribution in [0.25, 0.3) is 11.3 Å². The Morgan fingerprint density at radius 2 is 1.93 bits per heavy atom. The van der Waals surface area contributed by atoms with Crippen LogP contribution in [0.2, 0.25) is 0 Å². The first-order valence-corrected chi connectivity index (χ1v) is 8.20. The highest BCUT2D eigenvalue weighted by Gasteiger charge is 2.36. The van der Waals surface area contributed by atoms with Crippen LogP contribution in [0.5, 0.6) is 11.8 Å². The van der Waals surface area contributed by atoms with Gasteiger partial charge in [0.2, 0.25) is 5.88 Å². The quantitative estimate of drug-likeness (QED) is 0.735. The van der Waals surface area contributed by atoms with E-state index in [1.165, 1.54) is 18.5 Å². The van der Waals surface area contributed by atoms with Gasteiger partial charge in [0.05, 0.1) is 0 Å². The lowest BCUT2D eigenvalue weighted by molar-refractivity contribution is -0.141. The average Bonchev–Trinajstić information content (AvgIpc) is 3.04. The van der Waals surface area contributed by atoms with Gasteiger partial charge in [-0.25, -0.2) is 4.98 Å². The lowest BCUT2D eigenvalue weighted by atomic mass is 9.77. The molecule has 3 heterocycles. The Bertz CT molecular complexity index is 935. The molecule has 0 spiro atoms. The number of halogens is 3. The number of hydrogen-bond donors (Lipinski definition) is 1. The van der Waals surface area contributed by atoms with E-state index in [1.807, 2.05) is 0 Å².